The number of benzene rings is 1. The highest BCUT2D eigenvalue weighted by Gasteiger charge is 2.08. The molecule has 0 saturated carbocycles. The minimum atomic E-state index is -0.149. The maximum Gasteiger partial charge on any atom is 0.251 e. The first-order valence-corrected chi connectivity index (χ1v) is 8.16. The molecule has 6 heteroatoms. The second kappa shape index (κ2) is 11.6. The van der Waals surface area contributed by atoms with Crippen molar-refractivity contribution < 1.29 is 14.7 Å². The minimum Gasteiger partial charge on any atom is -0.396 e. The zero-order valence-corrected chi connectivity index (χ0v) is 13.5. The first-order chi connectivity index (χ1) is 11.2. The van der Waals surface area contributed by atoms with Crippen molar-refractivity contribution in [2.75, 3.05) is 26.2 Å². The molecular weight excluding hydrogens is 294 g/mol. The van der Waals surface area contributed by atoms with Crippen molar-refractivity contribution in [3.05, 3.63) is 35.4 Å². The van der Waals surface area contributed by atoms with E-state index in [1.54, 1.807) is 24.3 Å². The van der Waals surface area contributed by atoms with Gasteiger partial charge in [-0.1, -0.05) is 0 Å². The van der Waals surface area contributed by atoms with Gasteiger partial charge in [-0.3, -0.25) is 9.59 Å². The summed E-state index contributed by atoms with van der Waals surface area (Å²) in [5.41, 5.74) is 6.47. The minimum absolute atomic E-state index is 0.141. The molecule has 6 nitrogen and oxygen atoms in total. The molecule has 0 fully saturated rings. The van der Waals surface area contributed by atoms with Crippen molar-refractivity contribution in [2.24, 2.45) is 5.73 Å². The molecule has 0 saturated heterocycles. The van der Waals surface area contributed by atoms with Crippen LogP contribution in [-0.2, 0) is 0 Å². The molecule has 0 aliphatic heterocycles. The van der Waals surface area contributed by atoms with Crippen LogP contribution in [0.1, 0.15) is 52.8 Å². The highest BCUT2D eigenvalue weighted by atomic mass is 16.3. The summed E-state index contributed by atoms with van der Waals surface area (Å²) in [5.74, 6) is -0.290. The van der Waals surface area contributed by atoms with Crippen LogP contribution >= 0.6 is 0 Å². The van der Waals surface area contributed by atoms with Gasteiger partial charge in [-0.15, -0.1) is 0 Å². The van der Waals surface area contributed by atoms with Gasteiger partial charge in [0.2, 0.25) is 0 Å². The third-order valence-electron chi connectivity index (χ3n) is 3.45. The fourth-order valence-corrected chi connectivity index (χ4v) is 2.06. The summed E-state index contributed by atoms with van der Waals surface area (Å²) in [7, 11) is 0. The summed E-state index contributed by atoms with van der Waals surface area (Å²) < 4.78 is 0. The molecule has 0 bridgehead atoms. The summed E-state index contributed by atoms with van der Waals surface area (Å²) >= 11 is 0. The number of carbonyl (C=O) groups excluding carboxylic acids is 2. The molecule has 0 spiro atoms. The van der Waals surface area contributed by atoms with Crippen LogP contribution in [0.25, 0.3) is 0 Å². The molecule has 23 heavy (non-hydrogen) atoms. The van der Waals surface area contributed by atoms with Crippen LogP contribution < -0.4 is 16.4 Å². The van der Waals surface area contributed by atoms with Crippen molar-refractivity contribution in [2.45, 2.75) is 32.1 Å². The number of rotatable bonds is 11. The largest absolute Gasteiger partial charge is 0.396 e. The lowest BCUT2D eigenvalue weighted by Gasteiger charge is -2.07. The zero-order valence-electron chi connectivity index (χ0n) is 13.5. The van der Waals surface area contributed by atoms with E-state index < -0.39 is 0 Å². The van der Waals surface area contributed by atoms with E-state index in [2.05, 4.69) is 10.6 Å². The second-order valence-electron chi connectivity index (χ2n) is 5.37. The Bertz CT molecular complexity index is 474. The molecule has 0 aliphatic rings. The van der Waals surface area contributed by atoms with Crippen LogP contribution in [0.4, 0.5) is 0 Å². The van der Waals surface area contributed by atoms with Gasteiger partial charge in [0.15, 0.2) is 0 Å². The standard InChI is InChI=1S/C17H27N3O3/c18-10-2-4-12-20-17(23)15-8-6-14(7-9-15)16(22)19-11-3-1-5-13-21/h6-9,21H,1-5,10-13,18H2,(H,19,22)(H,20,23). The average molecular weight is 321 g/mol. The number of carbonyl (C=O) groups is 2. The quantitative estimate of drug-likeness (QED) is 0.457. The summed E-state index contributed by atoms with van der Waals surface area (Å²) in [6.45, 7) is 2.00. The average Bonchev–Trinajstić information content (AvgIpc) is 2.58. The Morgan fingerprint density at radius 1 is 0.826 bits per heavy atom. The van der Waals surface area contributed by atoms with Gasteiger partial charge < -0.3 is 21.5 Å². The normalized spacial score (nSPS) is 10.3. The van der Waals surface area contributed by atoms with Crippen molar-refractivity contribution in [1.82, 2.24) is 10.6 Å². The number of aliphatic hydroxyl groups is 1. The molecule has 0 aliphatic carbocycles. The summed E-state index contributed by atoms with van der Waals surface area (Å²) in [6.07, 6.45) is 4.23. The molecule has 0 heterocycles. The van der Waals surface area contributed by atoms with Gasteiger partial charge >= 0.3 is 0 Å². The first kappa shape index (κ1) is 19.1. The molecule has 1 aromatic rings. The van der Waals surface area contributed by atoms with E-state index in [0.29, 0.717) is 30.8 Å². The first-order valence-electron chi connectivity index (χ1n) is 8.16. The summed E-state index contributed by atoms with van der Waals surface area (Å²) in [4.78, 5) is 23.8. The van der Waals surface area contributed by atoms with Gasteiger partial charge in [-0.25, -0.2) is 0 Å². The van der Waals surface area contributed by atoms with Crippen LogP contribution in [0.15, 0.2) is 24.3 Å². The Morgan fingerprint density at radius 2 is 1.30 bits per heavy atom. The van der Waals surface area contributed by atoms with E-state index >= 15 is 0 Å². The van der Waals surface area contributed by atoms with Gasteiger partial charge in [-0.05, 0) is 62.9 Å². The molecule has 5 N–H and O–H groups in total. The van der Waals surface area contributed by atoms with E-state index in [4.69, 9.17) is 10.8 Å². The van der Waals surface area contributed by atoms with E-state index in [0.717, 1.165) is 32.1 Å². The van der Waals surface area contributed by atoms with E-state index in [9.17, 15) is 9.59 Å². The number of unbranched alkanes of at least 4 members (excludes halogenated alkanes) is 3. The highest BCUT2D eigenvalue weighted by molar-refractivity contribution is 5.97. The van der Waals surface area contributed by atoms with E-state index in [1.165, 1.54) is 0 Å². The number of aliphatic hydroxyl groups excluding tert-OH is 1. The molecule has 1 aromatic carbocycles. The van der Waals surface area contributed by atoms with Crippen molar-refractivity contribution >= 4 is 11.8 Å². The van der Waals surface area contributed by atoms with E-state index in [-0.39, 0.29) is 18.4 Å². The number of nitrogens with one attached hydrogen (secondary N) is 2. The Balaban J connectivity index is 2.36. The maximum atomic E-state index is 11.9. The van der Waals surface area contributed by atoms with Crippen LogP contribution in [0.3, 0.4) is 0 Å². The zero-order chi connectivity index (χ0) is 16.9. The van der Waals surface area contributed by atoms with Crippen LogP contribution in [0, 0.1) is 0 Å². The fourth-order valence-electron chi connectivity index (χ4n) is 2.06. The molecule has 0 radical (unpaired) electrons. The lowest BCUT2D eigenvalue weighted by Crippen LogP contribution is -2.26. The van der Waals surface area contributed by atoms with Crippen molar-refractivity contribution in [1.29, 1.82) is 0 Å². The SMILES string of the molecule is NCCCCNC(=O)c1ccc(C(=O)NCCCCCO)cc1. The van der Waals surface area contributed by atoms with Crippen molar-refractivity contribution in [3.63, 3.8) is 0 Å². The molecular formula is C17H27N3O3. The maximum absolute atomic E-state index is 11.9. The smallest absolute Gasteiger partial charge is 0.251 e. The monoisotopic (exact) mass is 321 g/mol. The highest BCUT2D eigenvalue weighted by Crippen LogP contribution is 2.05. The Kier molecular flexibility index (Phi) is 9.66. The fraction of sp³-hybridized carbons (Fsp3) is 0.529. The molecule has 0 aromatic heterocycles. The number of amides is 2. The Labute approximate surface area is 137 Å². The van der Waals surface area contributed by atoms with E-state index in [1.807, 2.05) is 0 Å². The summed E-state index contributed by atoms with van der Waals surface area (Å²) in [5, 5.41) is 14.3. The third-order valence-corrected chi connectivity index (χ3v) is 3.45. The number of hydrogen-bond donors (Lipinski definition) is 4. The van der Waals surface area contributed by atoms with Crippen LogP contribution in [0.5, 0.6) is 0 Å². The number of nitrogens with two attached hydrogens (primary N) is 1. The predicted molar refractivity (Wildman–Crippen MR) is 90.3 cm³/mol. The molecule has 0 unspecified atom stereocenters. The van der Waals surface area contributed by atoms with Gasteiger partial charge in [0.05, 0.1) is 0 Å². The Morgan fingerprint density at radius 3 is 1.74 bits per heavy atom. The lowest BCUT2D eigenvalue weighted by atomic mass is 10.1. The van der Waals surface area contributed by atoms with Gasteiger partial charge in [0.1, 0.15) is 0 Å². The Hall–Kier alpha value is -1.92. The summed E-state index contributed by atoms with van der Waals surface area (Å²) in [6, 6.07) is 6.60. The third kappa shape index (κ3) is 7.76. The van der Waals surface area contributed by atoms with Crippen LogP contribution in [0.2, 0.25) is 0 Å². The topological polar surface area (TPSA) is 104 Å². The molecule has 0 atom stereocenters. The van der Waals surface area contributed by atoms with Crippen LogP contribution in [-0.4, -0.2) is 43.2 Å². The number of hydrogen-bond acceptors (Lipinski definition) is 4. The molecule has 1 rings (SSSR count). The second-order valence-corrected chi connectivity index (χ2v) is 5.37. The molecule has 2 amide bonds. The predicted octanol–water partition coefficient (Wildman–Crippen LogP) is 1.05. The van der Waals surface area contributed by atoms with Crippen molar-refractivity contribution in [3.8, 4) is 0 Å². The van der Waals surface area contributed by atoms with Gasteiger partial charge in [0, 0.05) is 30.8 Å². The molecule has 128 valence electrons. The van der Waals surface area contributed by atoms with Gasteiger partial charge in [-0.2, -0.15) is 0 Å². The van der Waals surface area contributed by atoms with Gasteiger partial charge in [0.25, 0.3) is 11.8 Å². The lowest BCUT2D eigenvalue weighted by molar-refractivity contribution is 0.0941.